The van der Waals surface area contributed by atoms with Crippen LogP contribution in [0.25, 0.3) is 11.3 Å². The third-order valence-corrected chi connectivity index (χ3v) is 5.55. The molecule has 5 nitrogen and oxygen atoms in total. The van der Waals surface area contributed by atoms with Crippen molar-refractivity contribution < 1.29 is 4.79 Å². The van der Waals surface area contributed by atoms with E-state index >= 15 is 0 Å². The van der Waals surface area contributed by atoms with Gasteiger partial charge in [0.25, 0.3) is 0 Å². The molecule has 0 bridgehead atoms. The Hall–Kier alpha value is -1.76. The van der Waals surface area contributed by atoms with Crippen LogP contribution in [0.5, 0.6) is 0 Å². The van der Waals surface area contributed by atoms with Crippen molar-refractivity contribution in [2.24, 2.45) is 5.92 Å². The summed E-state index contributed by atoms with van der Waals surface area (Å²) in [6.45, 7) is 5.23. The van der Waals surface area contributed by atoms with Crippen LogP contribution in [-0.4, -0.2) is 37.1 Å². The van der Waals surface area contributed by atoms with Gasteiger partial charge in [0.1, 0.15) is 5.01 Å². The number of piperidine rings is 1. The van der Waals surface area contributed by atoms with E-state index in [2.05, 4.69) is 33.5 Å². The van der Waals surface area contributed by atoms with Crippen LogP contribution >= 0.6 is 11.3 Å². The molecule has 1 fully saturated rings. The lowest BCUT2D eigenvalue weighted by Crippen LogP contribution is -2.41. The lowest BCUT2D eigenvalue weighted by molar-refractivity contribution is -0.120. The summed E-state index contributed by atoms with van der Waals surface area (Å²) in [6, 6.07) is 10.2. The maximum absolute atomic E-state index is 12.0. The third kappa shape index (κ3) is 5.36. The van der Waals surface area contributed by atoms with Crippen molar-refractivity contribution in [3.05, 3.63) is 40.7 Å². The number of rotatable bonds is 7. The second-order valence-corrected chi connectivity index (χ2v) is 7.45. The molecule has 1 aliphatic rings. The molecule has 1 aromatic carbocycles. The quantitative estimate of drug-likeness (QED) is 0.712. The van der Waals surface area contributed by atoms with Gasteiger partial charge >= 0.3 is 0 Å². The van der Waals surface area contributed by atoms with Crippen LogP contribution < -0.4 is 16.0 Å². The molecule has 1 aliphatic heterocycles. The number of benzene rings is 1. The molecule has 1 amide bonds. The largest absolute Gasteiger partial charge is 0.355 e. The Bertz CT molecular complexity index is 667. The molecular weight excluding hydrogens is 332 g/mol. The zero-order valence-electron chi connectivity index (χ0n) is 14.6. The van der Waals surface area contributed by atoms with E-state index in [-0.39, 0.29) is 11.9 Å². The Balaban J connectivity index is 1.43. The Morgan fingerprint density at radius 1 is 1.40 bits per heavy atom. The maximum Gasteiger partial charge on any atom is 0.233 e. The van der Waals surface area contributed by atoms with Crippen molar-refractivity contribution in [2.45, 2.75) is 25.8 Å². The minimum Gasteiger partial charge on any atom is -0.355 e. The molecule has 2 atom stereocenters. The number of hydrogen-bond acceptors (Lipinski definition) is 5. The summed E-state index contributed by atoms with van der Waals surface area (Å²) in [7, 11) is 0. The molecule has 1 saturated heterocycles. The van der Waals surface area contributed by atoms with E-state index in [0.717, 1.165) is 35.9 Å². The highest BCUT2D eigenvalue weighted by Gasteiger charge is 2.15. The number of carbonyl (C=O) groups is 1. The van der Waals surface area contributed by atoms with E-state index in [9.17, 15) is 4.79 Å². The summed E-state index contributed by atoms with van der Waals surface area (Å²) in [6.07, 6.45) is 2.39. The lowest BCUT2D eigenvalue weighted by atomic mass is 10.00. The molecule has 2 heterocycles. The summed E-state index contributed by atoms with van der Waals surface area (Å²) < 4.78 is 0. The lowest BCUT2D eigenvalue weighted by Gasteiger charge is -2.23. The van der Waals surface area contributed by atoms with Gasteiger partial charge < -0.3 is 10.6 Å². The average Bonchev–Trinajstić information content (AvgIpc) is 3.16. The molecule has 0 saturated carbocycles. The van der Waals surface area contributed by atoms with Gasteiger partial charge in [0.05, 0.1) is 18.3 Å². The highest BCUT2D eigenvalue weighted by Crippen LogP contribution is 2.25. The Morgan fingerprint density at radius 2 is 2.24 bits per heavy atom. The first-order chi connectivity index (χ1) is 12.2. The molecule has 3 N–H and O–H groups in total. The van der Waals surface area contributed by atoms with E-state index in [0.29, 0.717) is 12.5 Å². The van der Waals surface area contributed by atoms with Gasteiger partial charge in [-0.1, -0.05) is 30.3 Å². The first kappa shape index (κ1) is 18.0. The van der Waals surface area contributed by atoms with Crippen LogP contribution in [0.3, 0.4) is 0 Å². The molecule has 25 heavy (non-hydrogen) atoms. The number of nitrogens with one attached hydrogen (secondary N) is 3. The van der Waals surface area contributed by atoms with Crippen LogP contribution in [0.15, 0.2) is 35.7 Å². The average molecular weight is 359 g/mol. The van der Waals surface area contributed by atoms with E-state index < -0.39 is 0 Å². The van der Waals surface area contributed by atoms with E-state index in [4.69, 9.17) is 4.98 Å². The van der Waals surface area contributed by atoms with Gasteiger partial charge in [-0.25, -0.2) is 4.98 Å². The number of hydrogen-bond donors (Lipinski definition) is 3. The van der Waals surface area contributed by atoms with Crippen LogP contribution in [0.2, 0.25) is 0 Å². The molecule has 2 unspecified atom stereocenters. The highest BCUT2D eigenvalue weighted by atomic mass is 32.1. The van der Waals surface area contributed by atoms with Gasteiger partial charge in [0.2, 0.25) is 5.91 Å². The Morgan fingerprint density at radius 3 is 3.00 bits per heavy atom. The van der Waals surface area contributed by atoms with Gasteiger partial charge in [0.15, 0.2) is 0 Å². The predicted molar refractivity (Wildman–Crippen MR) is 103 cm³/mol. The zero-order valence-corrected chi connectivity index (χ0v) is 15.4. The van der Waals surface area contributed by atoms with Crippen molar-refractivity contribution in [2.75, 3.05) is 26.2 Å². The maximum atomic E-state index is 12.0. The molecule has 0 aliphatic carbocycles. The first-order valence-corrected chi connectivity index (χ1v) is 9.82. The zero-order chi connectivity index (χ0) is 17.5. The van der Waals surface area contributed by atoms with Crippen LogP contribution in [-0.2, 0) is 4.79 Å². The smallest absolute Gasteiger partial charge is 0.233 e. The first-order valence-electron chi connectivity index (χ1n) is 8.94. The molecule has 3 rings (SSSR count). The standard InChI is InChI=1S/C19H26N4OS/c1-14(19-23-17(13-25-19)16-7-3-2-4-8-16)21-12-18(24)22-11-15-6-5-9-20-10-15/h2-4,7-8,13-15,20-21H,5-6,9-12H2,1H3,(H,22,24). The number of aromatic nitrogens is 1. The summed E-state index contributed by atoms with van der Waals surface area (Å²) in [5.41, 5.74) is 2.11. The monoisotopic (exact) mass is 358 g/mol. The fourth-order valence-corrected chi connectivity index (χ4v) is 3.84. The van der Waals surface area contributed by atoms with Gasteiger partial charge in [-0.3, -0.25) is 10.1 Å². The number of thiazole rings is 1. The molecule has 0 radical (unpaired) electrons. The van der Waals surface area contributed by atoms with Gasteiger partial charge in [-0.2, -0.15) is 0 Å². The Labute approximate surface area is 153 Å². The number of nitrogens with zero attached hydrogens (tertiary/aromatic N) is 1. The molecule has 2 aromatic rings. The van der Waals surface area contributed by atoms with Crippen LogP contribution in [0, 0.1) is 5.92 Å². The molecular formula is C19H26N4OS. The van der Waals surface area contributed by atoms with Crippen molar-refractivity contribution in [3.8, 4) is 11.3 Å². The van der Waals surface area contributed by atoms with Gasteiger partial charge in [-0.05, 0) is 38.8 Å². The normalized spacial score (nSPS) is 18.7. The van der Waals surface area contributed by atoms with E-state index in [1.807, 2.05) is 25.1 Å². The number of amides is 1. The number of carbonyl (C=O) groups excluding carboxylic acids is 1. The predicted octanol–water partition coefficient (Wildman–Crippen LogP) is 2.58. The van der Waals surface area contributed by atoms with Crippen molar-refractivity contribution in [1.29, 1.82) is 0 Å². The van der Waals surface area contributed by atoms with Crippen LogP contribution in [0.1, 0.15) is 30.8 Å². The molecule has 1 aromatic heterocycles. The summed E-state index contributed by atoms with van der Waals surface area (Å²) in [5.74, 6) is 0.611. The molecule has 0 spiro atoms. The highest BCUT2D eigenvalue weighted by molar-refractivity contribution is 7.10. The molecule has 134 valence electrons. The van der Waals surface area contributed by atoms with Gasteiger partial charge in [-0.15, -0.1) is 11.3 Å². The second-order valence-electron chi connectivity index (χ2n) is 6.56. The van der Waals surface area contributed by atoms with E-state index in [1.165, 1.54) is 12.8 Å². The Kier molecular flexibility index (Phi) is 6.55. The fourth-order valence-electron chi connectivity index (χ4n) is 2.98. The van der Waals surface area contributed by atoms with Crippen molar-refractivity contribution in [3.63, 3.8) is 0 Å². The third-order valence-electron chi connectivity index (χ3n) is 4.52. The summed E-state index contributed by atoms with van der Waals surface area (Å²) in [4.78, 5) is 16.7. The summed E-state index contributed by atoms with van der Waals surface area (Å²) in [5, 5.41) is 12.7. The second kappa shape index (κ2) is 9.08. The van der Waals surface area contributed by atoms with E-state index in [1.54, 1.807) is 11.3 Å². The molecule has 6 heteroatoms. The minimum absolute atomic E-state index is 0.0530. The van der Waals surface area contributed by atoms with Crippen molar-refractivity contribution >= 4 is 17.2 Å². The SMILES string of the molecule is CC(NCC(=O)NCC1CCCNC1)c1nc(-c2ccccc2)cs1. The summed E-state index contributed by atoms with van der Waals surface area (Å²) >= 11 is 1.63. The van der Waals surface area contributed by atoms with Crippen LogP contribution in [0.4, 0.5) is 0 Å². The van der Waals surface area contributed by atoms with Crippen molar-refractivity contribution in [1.82, 2.24) is 20.9 Å². The fraction of sp³-hybridized carbons (Fsp3) is 0.474. The topological polar surface area (TPSA) is 66.1 Å². The minimum atomic E-state index is 0.0530. The van der Waals surface area contributed by atoms with Gasteiger partial charge in [0, 0.05) is 17.5 Å².